The van der Waals surface area contributed by atoms with Crippen molar-refractivity contribution in [1.82, 2.24) is 10.2 Å². The minimum absolute atomic E-state index is 0.0313. The topological polar surface area (TPSA) is 32.3 Å². The van der Waals surface area contributed by atoms with E-state index in [2.05, 4.69) is 40.6 Å². The standard InChI is InChI=1S/C32H30F6N2O/c33-31(34,35)25-18-22(19-26(20-25)32(36,37)38)21-39-29(41)27(23-6-2-1-3-7-23)11-15-40-16-13-30(14-17-40)12-10-24-8-4-5-9-28(24)30/h1-10,12,18-20,27H,11,13-17,21H2,(H,39,41)/t27-/m0/s1. The Morgan fingerprint density at radius 1 is 0.854 bits per heavy atom. The summed E-state index contributed by atoms with van der Waals surface area (Å²) in [6.45, 7) is 1.89. The highest BCUT2D eigenvalue weighted by atomic mass is 19.4. The predicted molar refractivity (Wildman–Crippen MR) is 145 cm³/mol. The molecule has 3 nitrogen and oxygen atoms in total. The van der Waals surface area contributed by atoms with E-state index in [-0.39, 0.29) is 17.0 Å². The summed E-state index contributed by atoms with van der Waals surface area (Å²) < 4.78 is 79.6. The Balaban J connectivity index is 1.25. The van der Waals surface area contributed by atoms with Crippen molar-refractivity contribution in [2.75, 3.05) is 19.6 Å². The maximum absolute atomic E-state index is 13.3. The Bertz CT molecular complexity index is 1370. The van der Waals surface area contributed by atoms with Gasteiger partial charge in [0, 0.05) is 12.0 Å². The fraction of sp³-hybridized carbons (Fsp3) is 0.344. The molecule has 1 N–H and O–H groups in total. The number of carbonyl (C=O) groups excluding carboxylic acids is 1. The summed E-state index contributed by atoms with van der Waals surface area (Å²) in [5.41, 5.74) is 0.306. The van der Waals surface area contributed by atoms with Gasteiger partial charge in [0.2, 0.25) is 5.91 Å². The Labute approximate surface area is 234 Å². The summed E-state index contributed by atoms with van der Waals surface area (Å²) in [5, 5.41) is 2.59. The number of nitrogens with one attached hydrogen (secondary N) is 1. The minimum atomic E-state index is -4.95. The van der Waals surface area contributed by atoms with Gasteiger partial charge in [-0.05, 0) is 79.3 Å². The SMILES string of the molecule is O=C(NCc1cc(C(F)(F)F)cc(C(F)(F)F)c1)[C@@H](CCN1CCC2(C=Cc3ccccc32)CC1)c1ccccc1. The maximum Gasteiger partial charge on any atom is 0.416 e. The number of halogens is 6. The van der Waals surface area contributed by atoms with Crippen LogP contribution in [0.15, 0.2) is 78.9 Å². The first-order chi connectivity index (χ1) is 19.4. The van der Waals surface area contributed by atoms with Crippen LogP contribution in [0.2, 0.25) is 0 Å². The third kappa shape index (κ3) is 6.50. The minimum Gasteiger partial charge on any atom is -0.351 e. The Morgan fingerprint density at radius 3 is 2.10 bits per heavy atom. The summed E-state index contributed by atoms with van der Waals surface area (Å²) in [6.07, 6.45) is -3.03. The number of rotatable bonds is 7. The average Bonchev–Trinajstić information content (AvgIpc) is 3.30. The van der Waals surface area contributed by atoms with E-state index < -0.39 is 41.8 Å². The highest BCUT2D eigenvalue weighted by Gasteiger charge is 2.39. The molecule has 1 fully saturated rings. The molecule has 1 atom stereocenters. The number of alkyl halides is 6. The molecule has 216 valence electrons. The molecule has 0 saturated carbocycles. The van der Waals surface area contributed by atoms with Crippen molar-refractivity contribution in [3.8, 4) is 0 Å². The number of carbonyl (C=O) groups is 1. The molecule has 9 heteroatoms. The second-order valence-electron chi connectivity index (χ2n) is 10.8. The molecule has 0 bridgehead atoms. The van der Waals surface area contributed by atoms with E-state index in [0.717, 1.165) is 31.5 Å². The monoisotopic (exact) mass is 572 g/mol. The van der Waals surface area contributed by atoms with Gasteiger partial charge in [-0.15, -0.1) is 0 Å². The normalized spacial score (nSPS) is 17.4. The molecular weight excluding hydrogens is 542 g/mol. The van der Waals surface area contributed by atoms with Gasteiger partial charge in [0.1, 0.15) is 0 Å². The molecule has 1 aliphatic carbocycles. The zero-order valence-electron chi connectivity index (χ0n) is 22.2. The Kier molecular flexibility index (Phi) is 8.01. The summed E-state index contributed by atoms with van der Waals surface area (Å²) >= 11 is 0. The molecular formula is C32H30F6N2O. The number of fused-ring (bicyclic) bond motifs is 2. The van der Waals surface area contributed by atoms with E-state index in [4.69, 9.17) is 0 Å². The number of allylic oxidation sites excluding steroid dienone is 1. The molecule has 0 radical (unpaired) electrons. The molecule has 1 aliphatic heterocycles. The molecule has 1 spiro atoms. The first-order valence-electron chi connectivity index (χ1n) is 13.6. The van der Waals surface area contributed by atoms with Gasteiger partial charge in [-0.1, -0.05) is 66.7 Å². The maximum atomic E-state index is 13.3. The molecule has 3 aromatic rings. The second kappa shape index (κ2) is 11.4. The van der Waals surface area contributed by atoms with Gasteiger partial charge in [0.15, 0.2) is 0 Å². The third-order valence-corrected chi connectivity index (χ3v) is 8.19. The number of hydrogen-bond acceptors (Lipinski definition) is 2. The fourth-order valence-corrected chi connectivity index (χ4v) is 5.93. The van der Waals surface area contributed by atoms with Crippen LogP contribution in [-0.2, 0) is 29.1 Å². The smallest absolute Gasteiger partial charge is 0.351 e. The van der Waals surface area contributed by atoms with Crippen molar-refractivity contribution >= 4 is 12.0 Å². The highest BCUT2D eigenvalue weighted by molar-refractivity contribution is 5.83. The van der Waals surface area contributed by atoms with Gasteiger partial charge < -0.3 is 10.2 Å². The zero-order chi connectivity index (χ0) is 29.3. The lowest BCUT2D eigenvalue weighted by molar-refractivity contribution is -0.143. The van der Waals surface area contributed by atoms with E-state index >= 15 is 0 Å². The van der Waals surface area contributed by atoms with Crippen LogP contribution >= 0.6 is 0 Å². The number of likely N-dealkylation sites (tertiary alicyclic amines) is 1. The summed E-state index contributed by atoms with van der Waals surface area (Å²) in [6, 6.07) is 18.8. The summed E-state index contributed by atoms with van der Waals surface area (Å²) in [5.74, 6) is -1.05. The van der Waals surface area contributed by atoms with Crippen LogP contribution in [0.4, 0.5) is 26.3 Å². The van der Waals surface area contributed by atoms with Crippen LogP contribution < -0.4 is 5.32 Å². The van der Waals surface area contributed by atoms with Gasteiger partial charge in [0.05, 0.1) is 17.0 Å². The van der Waals surface area contributed by atoms with Crippen LogP contribution in [0.3, 0.4) is 0 Å². The van der Waals surface area contributed by atoms with Crippen LogP contribution in [-0.4, -0.2) is 30.4 Å². The predicted octanol–water partition coefficient (Wildman–Crippen LogP) is 7.57. The van der Waals surface area contributed by atoms with Crippen molar-refractivity contribution < 1.29 is 31.1 Å². The molecule has 5 rings (SSSR count). The zero-order valence-corrected chi connectivity index (χ0v) is 22.2. The van der Waals surface area contributed by atoms with Crippen LogP contribution in [0, 0.1) is 0 Å². The quantitative estimate of drug-likeness (QED) is 0.296. The van der Waals surface area contributed by atoms with Crippen molar-refractivity contribution in [3.63, 3.8) is 0 Å². The van der Waals surface area contributed by atoms with Crippen LogP contribution in [0.5, 0.6) is 0 Å². The Morgan fingerprint density at radius 2 is 1.46 bits per heavy atom. The van der Waals surface area contributed by atoms with Gasteiger partial charge in [-0.3, -0.25) is 4.79 Å². The molecule has 0 aromatic heterocycles. The van der Waals surface area contributed by atoms with Crippen molar-refractivity contribution in [2.24, 2.45) is 0 Å². The number of hydrogen-bond donors (Lipinski definition) is 1. The first-order valence-corrected chi connectivity index (χ1v) is 13.6. The van der Waals surface area contributed by atoms with Gasteiger partial charge in [-0.2, -0.15) is 26.3 Å². The van der Waals surface area contributed by atoms with Gasteiger partial charge >= 0.3 is 12.4 Å². The largest absolute Gasteiger partial charge is 0.416 e. The number of amides is 1. The van der Waals surface area contributed by atoms with E-state index in [1.165, 1.54) is 11.1 Å². The fourth-order valence-electron chi connectivity index (χ4n) is 5.93. The first kappa shape index (κ1) is 28.9. The molecule has 1 saturated heterocycles. The van der Waals surface area contributed by atoms with Crippen molar-refractivity contribution in [1.29, 1.82) is 0 Å². The number of piperidine rings is 1. The number of nitrogens with zero attached hydrogens (tertiary/aromatic N) is 1. The molecule has 1 heterocycles. The molecule has 1 amide bonds. The molecule has 3 aromatic carbocycles. The molecule has 2 aliphatic rings. The van der Waals surface area contributed by atoms with Crippen LogP contribution in [0.25, 0.3) is 6.08 Å². The van der Waals surface area contributed by atoms with Crippen molar-refractivity contribution in [2.45, 2.75) is 49.5 Å². The highest BCUT2D eigenvalue weighted by Crippen LogP contribution is 2.43. The van der Waals surface area contributed by atoms with Gasteiger partial charge in [0.25, 0.3) is 0 Å². The Hall–Kier alpha value is -3.59. The second-order valence-corrected chi connectivity index (χ2v) is 10.8. The molecule has 0 unspecified atom stereocenters. The van der Waals surface area contributed by atoms with E-state index in [0.29, 0.717) is 25.1 Å². The van der Waals surface area contributed by atoms with E-state index in [1.54, 1.807) is 12.1 Å². The number of benzene rings is 3. The lowest BCUT2D eigenvalue weighted by Crippen LogP contribution is -2.42. The summed E-state index contributed by atoms with van der Waals surface area (Å²) in [4.78, 5) is 15.6. The van der Waals surface area contributed by atoms with E-state index in [1.807, 2.05) is 24.3 Å². The average molecular weight is 573 g/mol. The third-order valence-electron chi connectivity index (χ3n) is 8.19. The van der Waals surface area contributed by atoms with Gasteiger partial charge in [-0.25, -0.2) is 0 Å². The lowest BCUT2D eigenvalue weighted by atomic mass is 9.74. The lowest BCUT2D eigenvalue weighted by Gasteiger charge is -2.39. The van der Waals surface area contributed by atoms with Crippen molar-refractivity contribution in [3.05, 3.63) is 112 Å². The summed E-state index contributed by atoms with van der Waals surface area (Å²) in [7, 11) is 0. The van der Waals surface area contributed by atoms with Crippen LogP contribution in [0.1, 0.15) is 58.6 Å². The van der Waals surface area contributed by atoms with E-state index in [9.17, 15) is 31.1 Å². The molecule has 41 heavy (non-hydrogen) atoms.